The summed E-state index contributed by atoms with van der Waals surface area (Å²) in [5.41, 5.74) is 2.34. The second kappa shape index (κ2) is 7.06. The van der Waals surface area contributed by atoms with Crippen LogP contribution in [-0.4, -0.2) is 26.6 Å². The minimum Gasteiger partial charge on any atom is -0.322 e. The Kier molecular flexibility index (Phi) is 5.01. The van der Waals surface area contributed by atoms with E-state index in [4.69, 9.17) is 11.6 Å². The van der Waals surface area contributed by atoms with Gasteiger partial charge in [-0.3, -0.25) is 9.10 Å². The molecule has 0 radical (unpaired) electrons. The third-order valence-electron chi connectivity index (χ3n) is 4.26. The van der Waals surface area contributed by atoms with Crippen LogP contribution in [0.1, 0.15) is 28.8 Å². The van der Waals surface area contributed by atoms with E-state index in [1.165, 1.54) is 4.31 Å². The van der Waals surface area contributed by atoms with E-state index < -0.39 is 10.0 Å². The molecule has 132 valence electrons. The topological polar surface area (TPSA) is 66.5 Å². The number of anilines is 2. The molecular formula is C18H19ClN2O3S. The summed E-state index contributed by atoms with van der Waals surface area (Å²) < 4.78 is 25.9. The van der Waals surface area contributed by atoms with E-state index in [9.17, 15) is 13.2 Å². The average Bonchev–Trinajstić information content (AvgIpc) is 2.58. The molecule has 0 unspecified atom stereocenters. The highest BCUT2D eigenvalue weighted by molar-refractivity contribution is 7.92. The van der Waals surface area contributed by atoms with Gasteiger partial charge in [-0.25, -0.2) is 8.42 Å². The quantitative estimate of drug-likeness (QED) is 0.882. The van der Waals surface area contributed by atoms with Gasteiger partial charge in [0.25, 0.3) is 5.91 Å². The Bertz CT molecular complexity index is 912. The van der Waals surface area contributed by atoms with Gasteiger partial charge >= 0.3 is 0 Å². The maximum atomic E-state index is 12.6. The first-order chi connectivity index (χ1) is 11.9. The molecule has 25 heavy (non-hydrogen) atoms. The number of carbonyl (C=O) groups excluding carboxylic acids is 1. The number of nitrogens with zero attached hydrogens (tertiary/aromatic N) is 1. The van der Waals surface area contributed by atoms with Gasteiger partial charge in [0.2, 0.25) is 10.0 Å². The van der Waals surface area contributed by atoms with Crippen LogP contribution in [-0.2, 0) is 10.0 Å². The Balaban J connectivity index is 1.86. The lowest BCUT2D eigenvalue weighted by Gasteiger charge is -2.28. The number of amides is 1. The summed E-state index contributed by atoms with van der Waals surface area (Å²) in [6, 6.07) is 12.0. The minimum atomic E-state index is -3.31. The zero-order chi connectivity index (χ0) is 18.0. The first kappa shape index (κ1) is 17.8. The second-order valence-electron chi connectivity index (χ2n) is 6.01. The molecular weight excluding hydrogens is 360 g/mol. The molecule has 1 aliphatic heterocycles. The molecule has 1 N–H and O–H groups in total. The van der Waals surface area contributed by atoms with Crippen molar-refractivity contribution in [3.05, 3.63) is 58.6 Å². The highest BCUT2D eigenvalue weighted by atomic mass is 35.5. The van der Waals surface area contributed by atoms with Gasteiger partial charge in [0.15, 0.2) is 0 Å². The third-order valence-corrected chi connectivity index (χ3v) is 6.54. The predicted molar refractivity (Wildman–Crippen MR) is 101 cm³/mol. The van der Waals surface area contributed by atoms with Crippen molar-refractivity contribution in [3.63, 3.8) is 0 Å². The van der Waals surface area contributed by atoms with E-state index in [2.05, 4.69) is 5.32 Å². The fourth-order valence-corrected chi connectivity index (χ4v) is 4.62. The maximum absolute atomic E-state index is 12.6. The average molecular weight is 379 g/mol. The molecule has 1 aliphatic rings. The Labute approximate surface area is 152 Å². The minimum absolute atomic E-state index is 0.144. The third kappa shape index (κ3) is 3.80. The fraction of sp³-hybridized carbons (Fsp3) is 0.278. The van der Waals surface area contributed by atoms with E-state index in [0.717, 1.165) is 12.0 Å². The summed E-state index contributed by atoms with van der Waals surface area (Å²) in [7, 11) is -3.31. The Morgan fingerprint density at radius 3 is 2.68 bits per heavy atom. The van der Waals surface area contributed by atoms with Gasteiger partial charge in [0, 0.05) is 22.8 Å². The lowest BCUT2D eigenvalue weighted by Crippen LogP contribution is -2.37. The van der Waals surface area contributed by atoms with Crippen LogP contribution in [0.5, 0.6) is 0 Å². The summed E-state index contributed by atoms with van der Waals surface area (Å²) in [5.74, 6) is -0.160. The van der Waals surface area contributed by atoms with E-state index in [0.29, 0.717) is 34.9 Å². The van der Waals surface area contributed by atoms with Crippen LogP contribution in [0, 0.1) is 6.92 Å². The molecule has 1 saturated heterocycles. The standard InChI is InChI=1S/C18H19ClN2O3S/c1-13-16(19)8-5-9-17(13)20-18(22)14-6-4-7-15(12-14)21-10-2-3-11-25(21,23)24/h4-9,12H,2-3,10-11H2,1H3,(H,20,22). The van der Waals surface area contributed by atoms with Crippen LogP contribution in [0.2, 0.25) is 5.02 Å². The van der Waals surface area contributed by atoms with Crippen LogP contribution < -0.4 is 9.62 Å². The number of halogens is 1. The van der Waals surface area contributed by atoms with E-state index in [1.54, 1.807) is 42.5 Å². The molecule has 0 aliphatic carbocycles. The lowest BCUT2D eigenvalue weighted by molar-refractivity contribution is 0.102. The molecule has 1 heterocycles. The molecule has 0 spiro atoms. The second-order valence-corrected chi connectivity index (χ2v) is 8.43. The largest absolute Gasteiger partial charge is 0.322 e. The van der Waals surface area contributed by atoms with Gasteiger partial charge in [-0.05, 0) is 55.7 Å². The monoisotopic (exact) mass is 378 g/mol. The van der Waals surface area contributed by atoms with E-state index in [-0.39, 0.29) is 11.7 Å². The Morgan fingerprint density at radius 1 is 1.16 bits per heavy atom. The smallest absolute Gasteiger partial charge is 0.255 e. The number of nitrogens with one attached hydrogen (secondary N) is 1. The zero-order valence-electron chi connectivity index (χ0n) is 13.8. The van der Waals surface area contributed by atoms with Crippen LogP contribution in [0.15, 0.2) is 42.5 Å². The highest BCUT2D eigenvalue weighted by Gasteiger charge is 2.26. The molecule has 0 atom stereocenters. The number of sulfonamides is 1. The van der Waals surface area contributed by atoms with Crippen LogP contribution in [0.25, 0.3) is 0 Å². The predicted octanol–water partition coefficient (Wildman–Crippen LogP) is 3.83. The molecule has 2 aromatic carbocycles. The number of carbonyl (C=O) groups is 1. The van der Waals surface area contributed by atoms with Gasteiger partial charge in [0.1, 0.15) is 0 Å². The lowest BCUT2D eigenvalue weighted by atomic mass is 10.1. The van der Waals surface area contributed by atoms with Crippen LogP contribution in [0.4, 0.5) is 11.4 Å². The molecule has 5 nitrogen and oxygen atoms in total. The van der Waals surface area contributed by atoms with Gasteiger partial charge in [0.05, 0.1) is 11.4 Å². The van der Waals surface area contributed by atoms with Crippen molar-refractivity contribution in [3.8, 4) is 0 Å². The Hall–Kier alpha value is -2.05. The fourth-order valence-electron chi connectivity index (χ4n) is 2.82. The number of benzene rings is 2. The van der Waals surface area contributed by atoms with Crippen molar-refractivity contribution in [1.82, 2.24) is 0 Å². The van der Waals surface area contributed by atoms with Crippen LogP contribution >= 0.6 is 11.6 Å². The van der Waals surface area contributed by atoms with Crippen molar-refractivity contribution >= 4 is 38.9 Å². The summed E-state index contributed by atoms with van der Waals surface area (Å²) in [6.07, 6.45) is 1.49. The van der Waals surface area contributed by atoms with Crippen molar-refractivity contribution in [2.75, 3.05) is 21.9 Å². The number of hydrogen-bond acceptors (Lipinski definition) is 3. The molecule has 0 aromatic heterocycles. The van der Waals surface area contributed by atoms with Crippen molar-refractivity contribution < 1.29 is 13.2 Å². The van der Waals surface area contributed by atoms with Gasteiger partial charge in [-0.1, -0.05) is 23.7 Å². The van der Waals surface area contributed by atoms with Crippen molar-refractivity contribution in [2.45, 2.75) is 19.8 Å². The number of rotatable bonds is 3. The molecule has 0 bridgehead atoms. The van der Waals surface area contributed by atoms with E-state index in [1.807, 2.05) is 6.92 Å². The SMILES string of the molecule is Cc1c(Cl)cccc1NC(=O)c1cccc(N2CCCCS2(=O)=O)c1. The highest BCUT2D eigenvalue weighted by Crippen LogP contribution is 2.26. The van der Waals surface area contributed by atoms with Crippen molar-refractivity contribution in [1.29, 1.82) is 0 Å². The summed E-state index contributed by atoms with van der Waals surface area (Å²) >= 11 is 6.08. The van der Waals surface area contributed by atoms with Crippen molar-refractivity contribution in [2.24, 2.45) is 0 Å². The molecule has 1 amide bonds. The van der Waals surface area contributed by atoms with Gasteiger partial charge in [-0.15, -0.1) is 0 Å². The maximum Gasteiger partial charge on any atom is 0.255 e. The molecule has 2 aromatic rings. The molecule has 7 heteroatoms. The summed E-state index contributed by atoms with van der Waals surface area (Å²) in [4.78, 5) is 12.6. The summed E-state index contributed by atoms with van der Waals surface area (Å²) in [6.45, 7) is 2.27. The van der Waals surface area contributed by atoms with Crippen LogP contribution in [0.3, 0.4) is 0 Å². The first-order valence-corrected chi connectivity index (χ1v) is 10.0. The molecule has 1 fully saturated rings. The number of hydrogen-bond donors (Lipinski definition) is 1. The van der Waals surface area contributed by atoms with Gasteiger partial charge < -0.3 is 5.32 Å². The Morgan fingerprint density at radius 2 is 1.92 bits per heavy atom. The molecule has 3 rings (SSSR count). The first-order valence-electron chi connectivity index (χ1n) is 8.05. The summed E-state index contributed by atoms with van der Waals surface area (Å²) in [5, 5.41) is 3.40. The zero-order valence-corrected chi connectivity index (χ0v) is 15.4. The van der Waals surface area contributed by atoms with E-state index >= 15 is 0 Å². The van der Waals surface area contributed by atoms with Gasteiger partial charge in [-0.2, -0.15) is 0 Å². The normalized spacial score (nSPS) is 16.5. The molecule has 0 saturated carbocycles.